The number of benzene rings is 1. The second kappa shape index (κ2) is 5.83. The highest BCUT2D eigenvalue weighted by atomic mass is 16.1. The third-order valence-corrected chi connectivity index (χ3v) is 4.15. The quantitative estimate of drug-likeness (QED) is 0.887. The van der Waals surface area contributed by atoms with Gasteiger partial charge in [-0.3, -0.25) is 14.5 Å². The first-order valence-corrected chi connectivity index (χ1v) is 7.61. The van der Waals surface area contributed by atoms with Crippen LogP contribution in [0.15, 0.2) is 46.7 Å². The number of hydrogen-bond acceptors (Lipinski definition) is 4. The van der Waals surface area contributed by atoms with Crippen molar-refractivity contribution in [2.75, 3.05) is 0 Å². The van der Waals surface area contributed by atoms with Gasteiger partial charge in [0, 0.05) is 23.9 Å². The van der Waals surface area contributed by atoms with E-state index in [9.17, 15) is 4.79 Å². The number of Topliss-reactive ketones (excluding diaryl/α,β-unsaturated/α-hetero) is 1. The number of aryl methyl sites for hydroxylation is 2. The van der Waals surface area contributed by atoms with Gasteiger partial charge in [0.25, 0.3) is 0 Å². The van der Waals surface area contributed by atoms with Crippen molar-refractivity contribution in [2.45, 2.75) is 26.8 Å². The largest absolute Gasteiger partial charge is 0.350 e. The van der Waals surface area contributed by atoms with Crippen molar-refractivity contribution in [3.8, 4) is 11.3 Å². The maximum absolute atomic E-state index is 13.1. The standard InChI is InChI=1S/C18H20N4O/c1-11-5-7-14(8-6-11)17-15(9-21-22(17)4)18(23)16-12(2)19-10-20-13(16)3/h5-10,12H,1-4H3,(H,19,20). The molecule has 118 valence electrons. The summed E-state index contributed by atoms with van der Waals surface area (Å²) in [5, 5.41) is 7.32. The molecule has 23 heavy (non-hydrogen) atoms. The van der Waals surface area contributed by atoms with Crippen LogP contribution in [0, 0.1) is 6.92 Å². The summed E-state index contributed by atoms with van der Waals surface area (Å²) in [6, 6.07) is 7.96. The highest BCUT2D eigenvalue weighted by Gasteiger charge is 2.27. The molecule has 2 aromatic rings. The molecule has 0 saturated heterocycles. The van der Waals surface area contributed by atoms with Crippen LogP contribution in [0.3, 0.4) is 0 Å². The van der Waals surface area contributed by atoms with Crippen molar-refractivity contribution >= 4 is 12.1 Å². The van der Waals surface area contributed by atoms with E-state index in [1.54, 1.807) is 17.2 Å². The van der Waals surface area contributed by atoms with Gasteiger partial charge in [0.2, 0.25) is 0 Å². The fraction of sp³-hybridized carbons (Fsp3) is 0.278. The topological polar surface area (TPSA) is 59.3 Å². The van der Waals surface area contributed by atoms with Crippen LogP contribution in [-0.4, -0.2) is 27.9 Å². The molecule has 0 spiro atoms. The number of rotatable bonds is 3. The lowest BCUT2D eigenvalue weighted by molar-refractivity contribution is 0.102. The van der Waals surface area contributed by atoms with Crippen molar-refractivity contribution in [1.29, 1.82) is 0 Å². The van der Waals surface area contributed by atoms with Crippen LogP contribution < -0.4 is 5.32 Å². The molecule has 1 unspecified atom stereocenters. The van der Waals surface area contributed by atoms with Crippen LogP contribution in [0.1, 0.15) is 29.8 Å². The van der Waals surface area contributed by atoms with E-state index in [1.807, 2.05) is 52.1 Å². The number of nitrogens with zero attached hydrogens (tertiary/aromatic N) is 3. The SMILES string of the molecule is CC1=C(C(=O)c2cnn(C)c2-c2ccc(C)cc2)C(C)N=CN1. The Bertz CT molecular complexity index is 812. The summed E-state index contributed by atoms with van der Waals surface area (Å²) < 4.78 is 1.75. The van der Waals surface area contributed by atoms with Gasteiger partial charge in [0.1, 0.15) is 0 Å². The molecule has 5 nitrogen and oxygen atoms in total. The van der Waals surface area contributed by atoms with E-state index in [4.69, 9.17) is 0 Å². The molecule has 1 aromatic heterocycles. The molecule has 0 radical (unpaired) electrons. The number of carbonyl (C=O) groups excluding carboxylic acids is 1. The summed E-state index contributed by atoms with van der Waals surface area (Å²) in [6.45, 7) is 5.87. The first-order chi connectivity index (χ1) is 11.0. The molecule has 1 aliphatic heterocycles. The fourth-order valence-electron chi connectivity index (χ4n) is 2.87. The van der Waals surface area contributed by atoms with Gasteiger partial charge < -0.3 is 5.32 Å². The number of nitrogens with one attached hydrogen (secondary N) is 1. The average molecular weight is 308 g/mol. The van der Waals surface area contributed by atoms with Gasteiger partial charge in [-0.05, 0) is 20.8 Å². The number of aliphatic imine (C=N–C) groups is 1. The lowest BCUT2D eigenvalue weighted by atomic mass is 9.94. The van der Waals surface area contributed by atoms with Crippen molar-refractivity contribution in [2.24, 2.45) is 12.0 Å². The predicted octanol–water partition coefficient (Wildman–Crippen LogP) is 2.87. The van der Waals surface area contributed by atoms with Gasteiger partial charge in [-0.15, -0.1) is 0 Å². The number of carbonyl (C=O) groups is 1. The second-order valence-corrected chi connectivity index (χ2v) is 5.86. The Morgan fingerprint density at radius 2 is 1.91 bits per heavy atom. The van der Waals surface area contributed by atoms with Crippen LogP contribution in [0.25, 0.3) is 11.3 Å². The molecular weight excluding hydrogens is 288 g/mol. The van der Waals surface area contributed by atoms with Crippen LogP contribution >= 0.6 is 0 Å². The average Bonchev–Trinajstić information content (AvgIpc) is 2.89. The third-order valence-electron chi connectivity index (χ3n) is 4.15. The summed E-state index contributed by atoms with van der Waals surface area (Å²) in [5.41, 5.74) is 5.14. The molecule has 0 fully saturated rings. The van der Waals surface area contributed by atoms with Crippen LogP contribution in [0.4, 0.5) is 0 Å². The molecular formula is C18H20N4O. The molecule has 1 atom stereocenters. The minimum Gasteiger partial charge on any atom is -0.350 e. The summed E-state index contributed by atoms with van der Waals surface area (Å²) in [7, 11) is 1.86. The van der Waals surface area contributed by atoms with Gasteiger partial charge in [-0.2, -0.15) is 5.10 Å². The number of ketones is 1. The summed E-state index contributed by atoms with van der Waals surface area (Å²) in [6.07, 6.45) is 3.28. The van der Waals surface area contributed by atoms with E-state index in [-0.39, 0.29) is 11.8 Å². The van der Waals surface area contributed by atoms with E-state index in [1.165, 1.54) is 5.56 Å². The maximum Gasteiger partial charge on any atom is 0.196 e. The molecule has 0 bridgehead atoms. The molecule has 1 aromatic carbocycles. The van der Waals surface area contributed by atoms with E-state index in [0.717, 1.165) is 17.0 Å². The van der Waals surface area contributed by atoms with Gasteiger partial charge in [-0.25, -0.2) is 0 Å². The Morgan fingerprint density at radius 1 is 1.22 bits per heavy atom. The number of aromatic nitrogens is 2. The van der Waals surface area contributed by atoms with Crippen LogP contribution in [0.2, 0.25) is 0 Å². The first-order valence-electron chi connectivity index (χ1n) is 7.61. The lowest BCUT2D eigenvalue weighted by Crippen LogP contribution is -2.27. The Kier molecular flexibility index (Phi) is 3.86. The lowest BCUT2D eigenvalue weighted by Gasteiger charge is -2.19. The fourth-order valence-corrected chi connectivity index (χ4v) is 2.87. The predicted molar refractivity (Wildman–Crippen MR) is 91.5 cm³/mol. The van der Waals surface area contributed by atoms with Crippen molar-refractivity contribution < 1.29 is 4.79 Å². The van der Waals surface area contributed by atoms with Gasteiger partial charge in [-0.1, -0.05) is 29.8 Å². The Morgan fingerprint density at radius 3 is 2.57 bits per heavy atom. The van der Waals surface area contributed by atoms with E-state index < -0.39 is 0 Å². The van der Waals surface area contributed by atoms with Gasteiger partial charge >= 0.3 is 0 Å². The molecule has 2 heterocycles. The minimum atomic E-state index is -0.158. The Labute approximate surface area is 135 Å². The number of hydrogen-bond donors (Lipinski definition) is 1. The van der Waals surface area contributed by atoms with E-state index in [0.29, 0.717) is 11.1 Å². The molecule has 0 aliphatic carbocycles. The zero-order valence-electron chi connectivity index (χ0n) is 13.8. The zero-order chi connectivity index (χ0) is 16.6. The Balaban J connectivity index is 2.08. The van der Waals surface area contributed by atoms with E-state index in [2.05, 4.69) is 15.4 Å². The summed E-state index contributed by atoms with van der Waals surface area (Å²) in [4.78, 5) is 17.4. The molecule has 0 amide bonds. The van der Waals surface area contributed by atoms with Crippen molar-refractivity contribution in [3.63, 3.8) is 0 Å². The number of allylic oxidation sites excluding steroid dienone is 1. The smallest absolute Gasteiger partial charge is 0.196 e. The van der Waals surface area contributed by atoms with Crippen LogP contribution in [0.5, 0.6) is 0 Å². The highest BCUT2D eigenvalue weighted by Crippen LogP contribution is 2.28. The molecule has 1 aliphatic rings. The molecule has 1 N–H and O–H groups in total. The zero-order valence-corrected chi connectivity index (χ0v) is 13.8. The third kappa shape index (κ3) is 2.70. The molecule has 3 rings (SSSR count). The van der Waals surface area contributed by atoms with Gasteiger partial charge in [0.05, 0.1) is 29.8 Å². The molecule has 0 saturated carbocycles. The maximum atomic E-state index is 13.1. The Hall–Kier alpha value is -2.69. The highest BCUT2D eigenvalue weighted by molar-refractivity contribution is 6.13. The van der Waals surface area contributed by atoms with Gasteiger partial charge in [0.15, 0.2) is 5.78 Å². The van der Waals surface area contributed by atoms with Crippen LogP contribution in [-0.2, 0) is 7.05 Å². The summed E-state index contributed by atoms with van der Waals surface area (Å²) >= 11 is 0. The second-order valence-electron chi connectivity index (χ2n) is 5.86. The van der Waals surface area contributed by atoms with Crippen molar-refractivity contribution in [1.82, 2.24) is 15.1 Å². The molecule has 5 heteroatoms. The normalized spacial score (nSPS) is 17.3. The van der Waals surface area contributed by atoms with Crippen molar-refractivity contribution in [3.05, 3.63) is 52.9 Å². The van der Waals surface area contributed by atoms with E-state index >= 15 is 0 Å². The first kappa shape index (κ1) is 15.2. The monoisotopic (exact) mass is 308 g/mol. The minimum absolute atomic E-state index is 0.0250. The summed E-state index contributed by atoms with van der Waals surface area (Å²) in [5.74, 6) is -0.0250.